The van der Waals surface area contributed by atoms with Crippen molar-refractivity contribution in [3.05, 3.63) is 65.2 Å². The molecule has 1 aliphatic carbocycles. The Kier molecular flexibility index (Phi) is 6.87. The molecule has 0 saturated carbocycles. The van der Waals surface area contributed by atoms with Crippen molar-refractivity contribution in [1.82, 2.24) is 10.2 Å². The van der Waals surface area contributed by atoms with E-state index in [1.807, 2.05) is 24.3 Å². The smallest absolute Gasteiger partial charge is 0.249 e. The van der Waals surface area contributed by atoms with Crippen molar-refractivity contribution in [3.8, 4) is 5.75 Å². The number of methoxy groups -OCH3 is 1. The largest absolute Gasteiger partial charge is 0.490 e. The van der Waals surface area contributed by atoms with Crippen molar-refractivity contribution < 1.29 is 19.1 Å². The van der Waals surface area contributed by atoms with Crippen LogP contribution < -0.4 is 10.1 Å². The molecule has 31 heavy (non-hydrogen) atoms. The Hall–Kier alpha value is -2.86. The van der Waals surface area contributed by atoms with Crippen molar-refractivity contribution in [2.45, 2.75) is 50.8 Å². The van der Waals surface area contributed by atoms with Crippen molar-refractivity contribution in [3.63, 3.8) is 0 Å². The molecule has 4 rings (SSSR count). The van der Waals surface area contributed by atoms with E-state index in [2.05, 4.69) is 29.6 Å². The first kappa shape index (κ1) is 21.4. The second-order valence-corrected chi connectivity index (χ2v) is 8.32. The zero-order chi connectivity index (χ0) is 21.6. The van der Waals surface area contributed by atoms with Gasteiger partial charge in [0.25, 0.3) is 0 Å². The van der Waals surface area contributed by atoms with Gasteiger partial charge in [-0.05, 0) is 48.1 Å². The van der Waals surface area contributed by atoms with E-state index in [-0.39, 0.29) is 24.5 Å². The molecule has 2 aliphatic rings. The van der Waals surface area contributed by atoms with Crippen LogP contribution in [-0.4, -0.2) is 49.1 Å². The summed E-state index contributed by atoms with van der Waals surface area (Å²) in [5.74, 6) is 0.569. The first-order valence-corrected chi connectivity index (χ1v) is 11.0. The average Bonchev–Trinajstić information content (AvgIpc) is 3.06. The van der Waals surface area contributed by atoms with E-state index in [0.717, 1.165) is 37.0 Å². The van der Waals surface area contributed by atoms with Gasteiger partial charge in [0.15, 0.2) is 0 Å². The number of hydrogen-bond donors (Lipinski definition) is 1. The van der Waals surface area contributed by atoms with E-state index in [0.29, 0.717) is 19.5 Å². The molecular formula is C25H30N2O4. The van der Waals surface area contributed by atoms with Crippen molar-refractivity contribution in [2.75, 3.05) is 20.3 Å². The van der Waals surface area contributed by atoms with E-state index in [4.69, 9.17) is 9.47 Å². The van der Waals surface area contributed by atoms with E-state index in [1.54, 1.807) is 4.90 Å². The number of rotatable bonds is 7. The molecule has 0 radical (unpaired) electrons. The molecule has 6 heteroatoms. The van der Waals surface area contributed by atoms with Crippen LogP contribution in [0.4, 0.5) is 0 Å². The highest BCUT2D eigenvalue weighted by Gasteiger charge is 2.30. The maximum Gasteiger partial charge on any atom is 0.249 e. The molecule has 0 spiro atoms. The SMILES string of the molecule is COCC(=O)N(Cc1ccc(OC2Cc3ccccc3C2)cc1)[C@H]1CCCCNC1=O. The Morgan fingerprint density at radius 2 is 1.77 bits per heavy atom. The molecule has 2 aromatic carbocycles. The standard InChI is InChI=1S/C25H30N2O4/c1-30-17-24(28)27(23-8-4-5-13-26-25(23)29)16-18-9-11-21(12-10-18)31-22-14-19-6-2-3-7-20(19)15-22/h2-3,6-7,9-12,22-23H,4-5,8,13-17H2,1H3,(H,26,29)/t23-/m0/s1. The molecule has 1 atom stereocenters. The van der Waals surface area contributed by atoms with Gasteiger partial charge in [-0.2, -0.15) is 0 Å². The highest BCUT2D eigenvalue weighted by molar-refractivity contribution is 5.88. The van der Waals surface area contributed by atoms with Crippen LogP contribution in [0.5, 0.6) is 5.75 Å². The summed E-state index contributed by atoms with van der Waals surface area (Å²) in [6.07, 6.45) is 4.52. The topological polar surface area (TPSA) is 67.9 Å². The Balaban J connectivity index is 1.41. The number of carbonyl (C=O) groups excluding carboxylic acids is 2. The predicted molar refractivity (Wildman–Crippen MR) is 118 cm³/mol. The molecule has 1 fully saturated rings. The van der Waals surface area contributed by atoms with Crippen LogP contribution in [0.3, 0.4) is 0 Å². The summed E-state index contributed by atoms with van der Waals surface area (Å²) in [5.41, 5.74) is 3.68. The third kappa shape index (κ3) is 5.25. The second kappa shape index (κ2) is 9.96. The quantitative estimate of drug-likeness (QED) is 0.745. The molecule has 0 unspecified atom stereocenters. The Bertz CT molecular complexity index is 887. The minimum atomic E-state index is -0.460. The van der Waals surface area contributed by atoms with Gasteiger partial charge >= 0.3 is 0 Å². The summed E-state index contributed by atoms with van der Waals surface area (Å²) < 4.78 is 11.2. The summed E-state index contributed by atoms with van der Waals surface area (Å²) in [6.45, 7) is 1.00. The van der Waals surface area contributed by atoms with Gasteiger partial charge in [0.1, 0.15) is 24.5 Å². The highest BCUT2D eigenvalue weighted by Crippen LogP contribution is 2.26. The van der Waals surface area contributed by atoms with Gasteiger partial charge in [-0.15, -0.1) is 0 Å². The van der Waals surface area contributed by atoms with E-state index < -0.39 is 6.04 Å². The van der Waals surface area contributed by atoms with Crippen molar-refractivity contribution in [1.29, 1.82) is 0 Å². The first-order valence-electron chi connectivity index (χ1n) is 11.0. The molecule has 1 aliphatic heterocycles. The fourth-order valence-corrected chi connectivity index (χ4v) is 4.46. The van der Waals surface area contributed by atoms with Crippen LogP contribution in [0.1, 0.15) is 36.0 Å². The molecule has 1 N–H and O–H groups in total. The summed E-state index contributed by atoms with van der Waals surface area (Å²) in [6, 6.07) is 15.8. The zero-order valence-corrected chi connectivity index (χ0v) is 18.0. The van der Waals surface area contributed by atoms with E-state index in [9.17, 15) is 9.59 Å². The third-order valence-electron chi connectivity index (χ3n) is 6.06. The Labute approximate surface area is 183 Å². The number of ether oxygens (including phenoxy) is 2. The number of nitrogens with zero attached hydrogens (tertiary/aromatic N) is 1. The first-order chi connectivity index (χ1) is 15.1. The average molecular weight is 423 g/mol. The lowest BCUT2D eigenvalue weighted by atomic mass is 10.1. The lowest BCUT2D eigenvalue weighted by Crippen LogP contribution is -2.49. The zero-order valence-electron chi connectivity index (χ0n) is 18.0. The summed E-state index contributed by atoms with van der Waals surface area (Å²) in [4.78, 5) is 26.9. The minimum Gasteiger partial charge on any atom is -0.490 e. The maximum atomic E-state index is 12.7. The van der Waals surface area contributed by atoms with Gasteiger partial charge in [-0.1, -0.05) is 36.4 Å². The molecule has 1 heterocycles. The summed E-state index contributed by atoms with van der Waals surface area (Å²) in [5, 5.41) is 2.92. The van der Waals surface area contributed by atoms with Crippen LogP contribution in [0, 0.1) is 0 Å². The predicted octanol–water partition coefficient (Wildman–Crippen LogP) is 2.88. The summed E-state index contributed by atoms with van der Waals surface area (Å²) in [7, 11) is 1.50. The Morgan fingerprint density at radius 1 is 1.06 bits per heavy atom. The lowest BCUT2D eigenvalue weighted by Gasteiger charge is -2.30. The Morgan fingerprint density at radius 3 is 2.45 bits per heavy atom. The third-order valence-corrected chi connectivity index (χ3v) is 6.06. The monoisotopic (exact) mass is 422 g/mol. The lowest BCUT2D eigenvalue weighted by molar-refractivity contribution is -0.144. The van der Waals surface area contributed by atoms with Gasteiger partial charge in [-0.25, -0.2) is 0 Å². The van der Waals surface area contributed by atoms with Crippen LogP contribution in [0.15, 0.2) is 48.5 Å². The van der Waals surface area contributed by atoms with E-state index >= 15 is 0 Å². The van der Waals surface area contributed by atoms with Crippen LogP contribution in [-0.2, 0) is 33.7 Å². The number of hydrogen-bond acceptors (Lipinski definition) is 4. The number of carbonyl (C=O) groups is 2. The number of amides is 2. The highest BCUT2D eigenvalue weighted by atomic mass is 16.5. The van der Waals surface area contributed by atoms with Gasteiger partial charge < -0.3 is 19.7 Å². The van der Waals surface area contributed by atoms with Gasteiger partial charge in [0.2, 0.25) is 11.8 Å². The number of nitrogens with one attached hydrogen (secondary N) is 1. The summed E-state index contributed by atoms with van der Waals surface area (Å²) >= 11 is 0. The number of fused-ring (bicyclic) bond motifs is 1. The fraction of sp³-hybridized carbons (Fsp3) is 0.440. The van der Waals surface area contributed by atoms with Crippen molar-refractivity contribution in [2.24, 2.45) is 0 Å². The molecule has 2 aromatic rings. The molecule has 6 nitrogen and oxygen atoms in total. The molecule has 2 amide bonds. The van der Waals surface area contributed by atoms with Gasteiger partial charge in [-0.3, -0.25) is 9.59 Å². The van der Waals surface area contributed by atoms with Gasteiger partial charge in [0, 0.05) is 33.0 Å². The van der Waals surface area contributed by atoms with Crippen LogP contribution in [0.25, 0.3) is 0 Å². The fourth-order valence-electron chi connectivity index (χ4n) is 4.46. The molecular weight excluding hydrogens is 392 g/mol. The maximum absolute atomic E-state index is 12.7. The molecule has 0 bridgehead atoms. The van der Waals surface area contributed by atoms with Crippen molar-refractivity contribution >= 4 is 11.8 Å². The minimum absolute atomic E-state index is 0.0345. The molecule has 1 saturated heterocycles. The molecule has 0 aromatic heterocycles. The van der Waals surface area contributed by atoms with Gasteiger partial charge in [0.05, 0.1) is 0 Å². The van der Waals surface area contributed by atoms with E-state index in [1.165, 1.54) is 18.2 Å². The second-order valence-electron chi connectivity index (χ2n) is 8.32. The van der Waals surface area contributed by atoms with Crippen LogP contribution in [0.2, 0.25) is 0 Å². The molecule has 164 valence electrons. The van der Waals surface area contributed by atoms with Crippen LogP contribution >= 0.6 is 0 Å². The normalized spacial score (nSPS) is 18.7. The number of benzene rings is 2.